The Hall–Kier alpha value is -2.03. The third-order valence-corrected chi connectivity index (χ3v) is 2.57. The minimum Gasteiger partial charge on any atom is -0.354 e. The maximum Gasteiger partial charge on any atom is 0.226 e. The first kappa shape index (κ1) is 11.5. The molecule has 0 saturated heterocycles. The van der Waals surface area contributed by atoms with Crippen molar-refractivity contribution >= 4 is 11.6 Å². The van der Waals surface area contributed by atoms with E-state index >= 15 is 0 Å². The van der Waals surface area contributed by atoms with Crippen LogP contribution in [0.5, 0.6) is 0 Å². The van der Waals surface area contributed by atoms with Crippen molar-refractivity contribution in [3.05, 3.63) is 54.4 Å². The Labute approximate surface area is 101 Å². The third kappa shape index (κ3) is 3.48. The molecule has 17 heavy (non-hydrogen) atoms. The number of anilines is 1. The smallest absolute Gasteiger partial charge is 0.226 e. The van der Waals surface area contributed by atoms with Crippen molar-refractivity contribution in [3.63, 3.8) is 0 Å². The summed E-state index contributed by atoms with van der Waals surface area (Å²) in [4.78, 5) is 11.7. The fraction of sp³-hybridized carbons (Fsp3) is 0.214. The van der Waals surface area contributed by atoms with E-state index in [1.54, 1.807) is 0 Å². The highest BCUT2D eigenvalue weighted by molar-refractivity contribution is 5.90. The van der Waals surface area contributed by atoms with Crippen molar-refractivity contribution in [1.29, 1.82) is 0 Å². The number of rotatable bonds is 4. The van der Waals surface area contributed by atoms with Gasteiger partial charge in [-0.2, -0.15) is 0 Å². The molecule has 1 amide bonds. The van der Waals surface area contributed by atoms with Gasteiger partial charge in [-0.1, -0.05) is 12.1 Å². The Kier molecular flexibility index (Phi) is 3.60. The maximum absolute atomic E-state index is 11.7. The summed E-state index contributed by atoms with van der Waals surface area (Å²) in [6.07, 6.45) is 4.41. The highest BCUT2D eigenvalue weighted by Crippen LogP contribution is 2.09. The predicted molar refractivity (Wildman–Crippen MR) is 68.9 cm³/mol. The number of benzene rings is 1. The second kappa shape index (κ2) is 5.34. The summed E-state index contributed by atoms with van der Waals surface area (Å²) in [5.41, 5.74) is 2.01. The minimum atomic E-state index is 0.0456. The molecule has 1 aromatic heterocycles. The maximum atomic E-state index is 11.7. The van der Waals surface area contributed by atoms with Crippen LogP contribution in [0, 0.1) is 6.92 Å². The number of amides is 1. The molecular weight excluding hydrogens is 212 g/mol. The molecular formula is C14H16N2O. The number of carbonyl (C=O) groups is 1. The molecule has 2 aromatic rings. The van der Waals surface area contributed by atoms with Gasteiger partial charge in [0.05, 0.1) is 0 Å². The molecule has 1 heterocycles. The quantitative estimate of drug-likeness (QED) is 0.857. The lowest BCUT2D eigenvalue weighted by Crippen LogP contribution is -2.13. The van der Waals surface area contributed by atoms with Crippen LogP contribution in [0.25, 0.3) is 0 Å². The van der Waals surface area contributed by atoms with Crippen molar-refractivity contribution in [3.8, 4) is 0 Å². The second-order valence-electron chi connectivity index (χ2n) is 4.09. The SMILES string of the molecule is Cc1cccc(NC(=O)CCn2cccc2)c1. The molecule has 2 rings (SSSR count). The van der Waals surface area contributed by atoms with Crippen molar-refractivity contribution in [2.45, 2.75) is 19.9 Å². The van der Waals surface area contributed by atoms with Crippen LogP contribution in [0.2, 0.25) is 0 Å². The molecule has 1 N–H and O–H groups in total. The zero-order valence-corrected chi connectivity index (χ0v) is 9.89. The van der Waals surface area contributed by atoms with Gasteiger partial charge in [0.15, 0.2) is 0 Å². The molecule has 88 valence electrons. The van der Waals surface area contributed by atoms with Crippen LogP contribution in [-0.2, 0) is 11.3 Å². The first-order valence-corrected chi connectivity index (χ1v) is 5.71. The Morgan fingerprint density at radius 1 is 1.24 bits per heavy atom. The van der Waals surface area contributed by atoms with Crippen molar-refractivity contribution in [1.82, 2.24) is 4.57 Å². The molecule has 3 nitrogen and oxygen atoms in total. The summed E-state index contributed by atoms with van der Waals surface area (Å²) in [5, 5.41) is 2.89. The van der Waals surface area contributed by atoms with Gasteiger partial charge in [0.2, 0.25) is 5.91 Å². The van der Waals surface area contributed by atoms with Crippen molar-refractivity contribution < 1.29 is 4.79 Å². The lowest BCUT2D eigenvalue weighted by atomic mass is 10.2. The summed E-state index contributed by atoms with van der Waals surface area (Å²) < 4.78 is 2.00. The van der Waals surface area contributed by atoms with Crippen LogP contribution in [0.3, 0.4) is 0 Å². The first-order chi connectivity index (χ1) is 8.24. The highest BCUT2D eigenvalue weighted by atomic mass is 16.1. The zero-order valence-electron chi connectivity index (χ0n) is 9.89. The Balaban J connectivity index is 1.85. The Bertz CT molecular complexity index is 489. The van der Waals surface area contributed by atoms with Gasteiger partial charge in [-0.05, 0) is 36.8 Å². The number of aromatic nitrogens is 1. The molecule has 1 aromatic carbocycles. The number of carbonyl (C=O) groups excluding carboxylic acids is 1. The summed E-state index contributed by atoms with van der Waals surface area (Å²) in [5.74, 6) is 0.0456. The van der Waals surface area contributed by atoms with Crippen LogP contribution < -0.4 is 5.32 Å². The molecule has 0 spiro atoms. The van der Waals surface area contributed by atoms with Crippen LogP contribution >= 0.6 is 0 Å². The van der Waals surface area contributed by atoms with Gasteiger partial charge >= 0.3 is 0 Å². The normalized spacial score (nSPS) is 10.2. The average Bonchev–Trinajstić information content (AvgIpc) is 2.79. The van der Waals surface area contributed by atoms with E-state index in [0.29, 0.717) is 13.0 Å². The summed E-state index contributed by atoms with van der Waals surface area (Å²) in [6, 6.07) is 11.7. The predicted octanol–water partition coefficient (Wildman–Crippen LogP) is 2.83. The van der Waals surface area contributed by atoms with E-state index in [1.807, 2.05) is 60.3 Å². The van der Waals surface area contributed by atoms with Crippen LogP contribution in [0.1, 0.15) is 12.0 Å². The molecule has 0 bridgehead atoms. The van der Waals surface area contributed by atoms with Crippen molar-refractivity contribution in [2.24, 2.45) is 0 Å². The first-order valence-electron chi connectivity index (χ1n) is 5.71. The van der Waals surface area contributed by atoms with E-state index in [4.69, 9.17) is 0 Å². The fourth-order valence-corrected chi connectivity index (χ4v) is 1.70. The van der Waals surface area contributed by atoms with Gasteiger partial charge in [-0.3, -0.25) is 4.79 Å². The molecule has 0 saturated carbocycles. The molecule has 0 aliphatic rings. The number of hydrogen-bond acceptors (Lipinski definition) is 1. The standard InChI is InChI=1S/C14H16N2O/c1-12-5-4-6-13(11-12)15-14(17)7-10-16-8-2-3-9-16/h2-6,8-9,11H,7,10H2,1H3,(H,15,17). The van der Waals surface area contributed by atoms with Crippen molar-refractivity contribution in [2.75, 3.05) is 5.32 Å². The van der Waals surface area contributed by atoms with Gasteiger partial charge in [0.1, 0.15) is 0 Å². The molecule has 0 aliphatic carbocycles. The van der Waals surface area contributed by atoms with Gasteiger partial charge in [0, 0.05) is 31.0 Å². The second-order valence-corrected chi connectivity index (χ2v) is 4.09. The van der Waals surface area contributed by atoms with Gasteiger partial charge in [-0.15, -0.1) is 0 Å². The number of aryl methyl sites for hydroxylation is 2. The highest BCUT2D eigenvalue weighted by Gasteiger charge is 2.02. The largest absolute Gasteiger partial charge is 0.354 e. The average molecular weight is 228 g/mol. The van der Waals surface area contributed by atoms with Crippen LogP contribution in [0.15, 0.2) is 48.8 Å². The van der Waals surface area contributed by atoms with Gasteiger partial charge in [0.25, 0.3) is 0 Å². The van der Waals surface area contributed by atoms with E-state index in [0.717, 1.165) is 11.3 Å². The van der Waals surface area contributed by atoms with Gasteiger partial charge < -0.3 is 9.88 Å². The molecule has 0 atom stereocenters. The molecule has 0 unspecified atom stereocenters. The lowest BCUT2D eigenvalue weighted by Gasteiger charge is -2.06. The lowest BCUT2D eigenvalue weighted by molar-refractivity contribution is -0.116. The Morgan fingerprint density at radius 3 is 2.71 bits per heavy atom. The summed E-state index contributed by atoms with van der Waals surface area (Å²) in [7, 11) is 0. The van der Waals surface area contributed by atoms with E-state index < -0.39 is 0 Å². The third-order valence-electron chi connectivity index (χ3n) is 2.57. The van der Waals surface area contributed by atoms with E-state index in [9.17, 15) is 4.79 Å². The van der Waals surface area contributed by atoms with Crippen LogP contribution in [0.4, 0.5) is 5.69 Å². The monoisotopic (exact) mass is 228 g/mol. The Morgan fingerprint density at radius 2 is 2.00 bits per heavy atom. The topological polar surface area (TPSA) is 34.0 Å². The minimum absolute atomic E-state index is 0.0456. The van der Waals surface area contributed by atoms with E-state index in [-0.39, 0.29) is 5.91 Å². The summed E-state index contributed by atoms with van der Waals surface area (Å²) >= 11 is 0. The number of nitrogens with zero attached hydrogens (tertiary/aromatic N) is 1. The summed E-state index contributed by atoms with van der Waals surface area (Å²) in [6.45, 7) is 2.72. The molecule has 0 radical (unpaired) electrons. The molecule has 0 fully saturated rings. The molecule has 3 heteroatoms. The molecule has 0 aliphatic heterocycles. The van der Waals surface area contributed by atoms with E-state index in [2.05, 4.69) is 5.32 Å². The zero-order chi connectivity index (χ0) is 12.1. The van der Waals surface area contributed by atoms with E-state index in [1.165, 1.54) is 0 Å². The number of hydrogen-bond donors (Lipinski definition) is 1. The number of nitrogens with one attached hydrogen (secondary N) is 1. The fourth-order valence-electron chi connectivity index (χ4n) is 1.70. The van der Waals surface area contributed by atoms with Crippen LogP contribution in [-0.4, -0.2) is 10.5 Å². The van der Waals surface area contributed by atoms with Gasteiger partial charge in [-0.25, -0.2) is 0 Å².